The molecule has 0 saturated heterocycles. The molecule has 0 atom stereocenters. The van der Waals surface area contributed by atoms with E-state index in [0.29, 0.717) is 10.8 Å². The van der Waals surface area contributed by atoms with Crippen LogP contribution in [0, 0.1) is 0 Å². The van der Waals surface area contributed by atoms with Crippen LogP contribution >= 0.6 is 11.6 Å². The van der Waals surface area contributed by atoms with Crippen LogP contribution in [-0.4, -0.2) is 14.2 Å². The van der Waals surface area contributed by atoms with E-state index < -0.39 is 0 Å². The molecule has 0 bridgehead atoms. The van der Waals surface area contributed by atoms with E-state index in [4.69, 9.17) is 26.8 Å². The van der Waals surface area contributed by atoms with Gasteiger partial charge in [-0.15, -0.1) is 0 Å². The lowest BCUT2D eigenvalue weighted by Gasteiger charge is -2.40. The maximum Gasteiger partial charge on any atom is 0.146 e. The molecule has 1 saturated carbocycles. The SMILES string of the molecule is COc1ccc(Cl)c(OC)c1C1(N)CCC1. The topological polar surface area (TPSA) is 44.5 Å². The van der Waals surface area contributed by atoms with Gasteiger partial charge in [0.1, 0.15) is 11.5 Å². The summed E-state index contributed by atoms with van der Waals surface area (Å²) in [7, 11) is 3.24. The minimum Gasteiger partial charge on any atom is -0.496 e. The first-order valence-corrected chi connectivity index (χ1v) is 5.70. The molecule has 1 aliphatic rings. The minimum atomic E-state index is -0.346. The summed E-state index contributed by atoms with van der Waals surface area (Å²) in [6.07, 6.45) is 3.02. The number of ether oxygens (including phenoxy) is 2. The number of rotatable bonds is 3. The molecule has 0 heterocycles. The smallest absolute Gasteiger partial charge is 0.146 e. The van der Waals surface area contributed by atoms with Gasteiger partial charge in [0.2, 0.25) is 0 Å². The summed E-state index contributed by atoms with van der Waals surface area (Å²) in [5.41, 5.74) is 6.88. The summed E-state index contributed by atoms with van der Waals surface area (Å²) in [6, 6.07) is 3.61. The van der Waals surface area contributed by atoms with E-state index in [1.165, 1.54) is 0 Å². The second-order valence-electron chi connectivity index (χ2n) is 4.17. The minimum absolute atomic E-state index is 0.346. The first-order chi connectivity index (χ1) is 7.62. The molecule has 1 aromatic carbocycles. The van der Waals surface area contributed by atoms with Crippen LogP contribution in [0.5, 0.6) is 11.5 Å². The zero-order chi connectivity index (χ0) is 11.8. The highest BCUT2D eigenvalue weighted by atomic mass is 35.5. The Morgan fingerprint density at radius 2 is 1.94 bits per heavy atom. The summed E-state index contributed by atoms with van der Waals surface area (Å²) >= 11 is 6.11. The molecule has 16 heavy (non-hydrogen) atoms. The van der Waals surface area contributed by atoms with Gasteiger partial charge in [0.25, 0.3) is 0 Å². The molecule has 2 N–H and O–H groups in total. The van der Waals surface area contributed by atoms with Gasteiger partial charge in [0.15, 0.2) is 0 Å². The van der Waals surface area contributed by atoms with Crippen molar-refractivity contribution in [2.24, 2.45) is 5.73 Å². The Bertz CT molecular complexity index is 402. The summed E-state index contributed by atoms with van der Waals surface area (Å²) < 4.78 is 10.7. The van der Waals surface area contributed by atoms with E-state index in [1.807, 2.05) is 6.07 Å². The summed E-state index contributed by atoms with van der Waals surface area (Å²) in [5.74, 6) is 1.40. The van der Waals surface area contributed by atoms with Crippen molar-refractivity contribution in [1.82, 2.24) is 0 Å². The molecular formula is C12H16ClNO2. The van der Waals surface area contributed by atoms with Crippen molar-refractivity contribution < 1.29 is 9.47 Å². The molecule has 0 spiro atoms. The molecule has 0 radical (unpaired) electrons. The van der Waals surface area contributed by atoms with E-state index >= 15 is 0 Å². The first-order valence-electron chi connectivity index (χ1n) is 5.32. The Balaban J connectivity index is 2.58. The van der Waals surface area contributed by atoms with Crippen molar-refractivity contribution in [2.45, 2.75) is 24.8 Å². The van der Waals surface area contributed by atoms with Crippen LogP contribution in [0.3, 0.4) is 0 Å². The fourth-order valence-electron chi connectivity index (χ4n) is 2.19. The molecule has 1 fully saturated rings. The Kier molecular flexibility index (Phi) is 3.00. The molecule has 0 aliphatic heterocycles. The van der Waals surface area contributed by atoms with E-state index in [-0.39, 0.29) is 5.54 Å². The average molecular weight is 242 g/mol. The van der Waals surface area contributed by atoms with Gasteiger partial charge < -0.3 is 15.2 Å². The monoisotopic (exact) mass is 241 g/mol. The Labute approximate surface area is 100 Å². The number of methoxy groups -OCH3 is 2. The van der Waals surface area contributed by atoms with Gasteiger partial charge in [-0.05, 0) is 31.4 Å². The normalized spacial score (nSPS) is 17.8. The Hall–Kier alpha value is -0.930. The summed E-state index contributed by atoms with van der Waals surface area (Å²) in [5, 5.41) is 0.579. The van der Waals surface area contributed by atoms with Crippen molar-refractivity contribution in [3.63, 3.8) is 0 Å². The standard InChI is InChI=1S/C12H16ClNO2/c1-15-9-5-4-8(13)11(16-2)10(9)12(14)6-3-7-12/h4-5H,3,6-7,14H2,1-2H3. The van der Waals surface area contributed by atoms with Crippen molar-refractivity contribution in [3.8, 4) is 11.5 Å². The van der Waals surface area contributed by atoms with Crippen LogP contribution in [0.25, 0.3) is 0 Å². The van der Waals surface area contributed by atoms with Crippen LogP contribution in [-0.2, 0) is 5.54 Å². The van der Waals surface area contributed by atoms with Gasteiger partial charge in [0, 0.05) is 5.54 Å². The number of benzene rings is 1. The molecule has 0 unspecified atom stereocenters. The maximum atomic E-state index is 6.33. The van der Waals surface area contributed by atoms with Crippen molar-refractivity contribution in [2.75, 3.05) is 14.2 Å². The summed E-state index contributed by atoms with van der Waals surface area (Å²) in [6.45, 7) is 0. The fourth-order valence-corrected chi connectivity index (χ4v) is 2.42. The molecule has 3 nitrogen and oxygen atoms in total. The lowest BCUT2D eigenvalue weighted by atomic mass is 9.72. The van der Waals surface area contributed by atoms with Gasteiger partial charge in [0.05, 0.1) is 24.8 Å². The molecule has 1 aromatic rings. The molecule has 0 amide bonds. The molecule has 0 aromatic heterocycles. The van der Waals surface area contributed by atoms with Crippen LogP contribution < -0.4 is 15.2 Å². The third kappa shape index (κ3) is 1.64. The van der Waals surface area contributed by atoms with Crippen molar-refractivity contribution >= 4 is 11.6 Å². The predicted octanol–water partition coefficient (Wildman–Crippen LogP) is 2.70. The van der Waals surface area contributed by atoms with E-state index in [2.05, 4.69) is 0 Å². The third-order valence-corrected chi connectivity index (χ3v) is 3.54. The number of halogens is 1. The lowest BCUT2D eigenvalue weighted by molar-refractivity contribution is 0.234. The fraction of sp³-hybridized carbons (Fsp3) is 0.500. The summed E-state index contributed by atoms with van der Waals surface area (Å²) in [4.78, 5) is 0. The number of hydrogen-bond donors (Lipinski definition) is 1. The largest absolute Gasteiger partial charge is 0.496 e. The molecule has 1 aliphatic carbocycles. The van der Waals surface area contributed by atoms with Crippen molar-refractivity contribution in [1.29, 1.82) is 0 Å². The van der Waals surface area contributed by atoms with Crippen LogP contribution in [0.1, 0.15) is 24.8 Å². The zero-order valence-corrected chi connectivity index (χ0v) is 10.3. The predicted molar refractivity (Wildman–Crippen MR) is 64.3 cm³/mol. The zero-order valence-electron chi connectivity index (χ0n) is 9.55. The quantitative estimate of drug-likeness (QED) is 0.885. The molecule has 2 rings (SSSR count). The van der Waals surface area contributed by atoms with E-state index in [1.54, 1.807) is 20.3 Å². The van der Waals surface area contributed by atoms with Gasteiger partial charge >= 0.3 is 0 Å². The van der Waals surface area contributed by atoms with Crippen LogP contribution in [0.15, 0.2) is 12.1 Å². The third-order valence-electron chi connectivity index (χ3n) is 3.24. The lowest BCUT2D eigenvalue weighted by Crippen LogP contribution is -2.43. The average Bonchev–Trinajstić information content (AvgIpc) is 2.25. The highest BCUT2D eigenvalue weighted by molar-refractivity contribution is 6.32. The molecule has 4 heteroatoms. The molecular weight excluding hydrogens is 226 g/mol. The molecule has 88 valence electrons. The number of hydrogen-bond acceptors (Lipinski definition) is 3. The van der Waals surface area contributed by atoms with E-state index in [0.717, 1.165) is 30.6 Å². The van der Waals surface area contributed by atoms with Gasteiger partial charge in [-0.2, -0.15) is 0 Å². The van der Waals surface area contributed by atoms with Crippen LogP contribution in [0.4, 0.5) is 0 Å². The van der Waals surface area contributed by atoms with Gasteiger partial charge in [-0.25, -0.2) is 0 Å². The second kappa shape index (κ2) is 4.15. The number of nitrogens with two attached hydrogens (primary N) is 1. The van der Waals surface area contributed by atoms with E-state index in [9.17, 15) is 0 Å². The Morgan fingerprint density at radius 3 is 2.38 bits per heavy atom. The highest BCUT2D eigenvalue weighted by Gasteiger charge is 2.40. The van der Waals surface area contributed by atoms with Crippen LogP contribution in [0.2, 0.25) is 5.02 Å². The second-order valence-corrected chi connectivity index (χ2v) is 4.57. The van der Waals surface area contributed by atoms with Gasteiger partial charge in [-0.1, -0.05) is 11.6 Å². The highest BCUT2D eigenvalue weighted by Crippen LogP contribution is 2.49. The van der Waals surface area contributed by atoms with Gasteiger partial charge in [-0.3, -0.25) is 0 Å². The Morgan fingerprint density at radius 1 is 1.25 bits per heavy atom. The first kappa shape index (κ1) is 11.6. The van der Waals surface area contributed by atoms with Crippen molar-refractivity contribution in [3.05, 3.63) is 22.7 Å². The maximum absolute atomic E-state index is 6.33.